The Morgan fingerprint density at radius 2 is 1.67 bits per heavy atom. The van der Waals surface area contributed by atoms with E-state index in [1.165, 1.54) is 16.9 Å². The highest BCUT2D eigenvalue weighted by Gasteiger charge is 2.27. The third-order valence-electron chi connectivity index (χ3n) is 6.19. The van der Waals surface area contributed by atoms with Crippen molar-refractivity contribution in [2.24, 2.45) is 7.05 Å². The van der Waals surface area contributed by atoms with Crippen LogP contribution in [0.5, 0.6) is 23.4 Å². The van der Waals surface area contributed by atoms with Crippen LogP contribution in [-0.4, -0.2) is 67.8 Å². The summed E-state index contributed by atoms with van der Waals surface area (Å²) in [7, 11) is -5.97. The molecule has 0 fully saturated rings. The van der Waals surface area contributed by atoms with E-state index in [9.17, 15) is 16.8 Å². The number of sulfonamides is 1. The average molecular weight is 617 g/mol. The van der Waals surface area contributed by atoms with Gasteiger partial charge in [-0.1, -0.05) is 26.0 Å². The number of rotatable bonds is 11. The second-order valence-electron chi connectivity index (χ2n) is 9.58. The van der Waals surface area contributed by atoms with Crippen LogP contribution in [0.25, 0.3) is 11.1 Å². The van der Waals surface area contributed by atoms with E-state index < -0.39 is 19.9 Å². The SMILES string of the molecule is CC(C)c1ccc(S(=O)(=O)Nc2c(-c3ccc4c(c3)OCO4)c(OCCOc3ncc(S(C)(=O)=O)cn3)nn2C)nc1. The van der Waals surface area contributed by atoms with Gasteiger partial charge < -0.3 is 18.9 Å². The molecule has 0 aliphatic carbocycles. The number of sulfone groups is 1. The van der Waals surface area contributed by atoms with Crippen LogP contribution in [0.15, 0.2) is 58.8 Å². The lowest BCUT2D eigenvalue weighted by Gasteiger charge is -2.12. The van der Waals surface area contributed by atoms with Crippen LogP contribution < -0.4 is 23.7 Å². The normalized spacial score (nSPS) is 12.9. The summed E-state index contributed by atoms with van der Waals surface area (Å²) in [6, 6.07) is 8.28. The molecule has 5 rings (SSSR count). The summed E-state index contributed by atoms with van der Waals surface area (Å²) >= 11 is 0. The number of benzene rings is 1. The van der Waals surface area contributed by atoms with E-state index in [-0.39, 0.29) is 53.6 Å². The molecular weight excluding hydrogens is 588 g/mol. The second-order valence-corrected chi connectivity index (χ2v) is 13.2. The molecule has 0 radical (unpaired) electrons. The van der Waals surface area contributed by atoms with Crippen molar-refractivity contribution in [3.05, 3.63) is 54.5 Å². The smallest absolute Gasteiger partial charge is 0.316 e. The molecule has 0 unspecified atom stereocenters. The van der Waals surface area contributed by atoms with E-state index in [0.29, 0.717) is 22.6 Å². The molecular formula is C26H28N6O8S2. The van der Waals surface area contributed by atoms with E-state index >= 15 is 0 Å². The number of ether oxygens (including phenoxy) is 4. The lowest BCUT2D eigenvalue weighted by atomic mass is 10.1. The lowest BCUT2D eigenvalue weighted by Crippen LogP contribution is -2.17. The first-order valence-corrected chi connectivity index (χ1v) is 16.0. The molecule has 1 aromatic carbocycles. The Morgan fingerprint density at radius 1 is 0.952 bits per heavy atom. The maximum Gasteiger partial charge on any atom is 0.316 e. The number of nitrogens with zero attached hydrogens (tertiary/aromatic N) is 5. The molecule has 0 saturated carbocycles. The van der Waals surface area contributed by atoms with E-state index in [1.807, 2.05) is 13.8 Å². The third-order valence-corrected chi connectivity index (χ3v) is 8.52. The Hall–Kier alpha value is -4.44. The summed E-state index contributed by atoms with van der Waals surface area (Å²) in [6.45, 7) is 4.02. The fourth-order valence-electron chi connectivity index (χ4n) is 3.94. The van der Waals surface area contributed by atoms with Crippen molar-refractivity contribution >= 4 is 25.7 Å². The third kappa shape index (κ3) is 6.23. The molecule has 42 heavy (non-hydrogen) atoms. The van der Waals surface area contributed by atoms with Gasteiger partial charge >= 0.3 is 6.01 Å². The highest BCUT2D eigenvalue weighted by atomic mass is 32.2. The van der Waals surface area contributed by atoms with Crippen LogP contribution in [0.4, 0.5) is 5.82 Å². The van der Waals surface area contributed by atoms with Gasteiger partial charge in [0, 0.05) is 19.5 Å². The Labute approximate surface area is 242 Å². The van der Waals surface area contributed by atoms with Crippen molar-refractivity contribution in [2.75, 3.05) is 31.0 Å². The van der Waals surface area contributed by atoms with Crippen molar-refractivity contribution in [1.29, 1.82) is 0 Å². The molecule has 4 aromatic rings. The van der Waals surface area contributed by atoms with Gasteiger partial charge in [-0.15, -0.1) is 5.10 Å². The van der Waals surface area contributed by atoms with Gasteiger partial charge in [0.05, 0.1) is 18.0 Å². The number of anilines is 1. The summed E-state index contributed by atoms with van der Waals surface area (Å²) in [5, 5.41) is 4.25. The molecule has 3 aromatic heterocycles. The molecule has 4 heterocycles. The highest BCUT2D eigenvalue weighted by molar-refractivity contribution is 7.92. The quantitative estimate of drug-likeness (QED) is 0.245. The Bertz CT molecular complexity index is 1810. The fraction of sp³-hybridized carbons (Fsp3) is 0.308. The van der Waals surface area contributed by atoms with Crippen LogP contribution in [0, 0.1) is 0 Å². The second kappa shape index (κ2) is 11.4. The van der Waals surface area contributed by atoms with E-state index in [1.54, 1.807) is 31.3 Å². The van der Waals surface area contributed by atoms with Crippen LogP contribution in [0.3, 0.4) is 0 Å². The number of fused-ring (bicyclic) bond motifs is 1. The van der Waals surface area contributed by atoms with Crippen LogP contribution in [0.1, 0.15) is 25.3 Å². The molecule has 222 valence electrons. The maximum absolute atomic E-state index is 13.3. The molecule has 0 amide bonds. The van der Waals surface area contributed by atoms with Crippen molar-refractivity contribution in [2.45, 2.75) is 29.7 Å². The lowest BCUT2D eigenvalue weighted by molar-refractivity contribution is 0.174. The van der Waals surface area contributed by atoms with E-state index in [2.05, 4.69) is 24.8 Å². The Morgan fingerprint density at radius 3 is 2.33 bits per heavy atom. The van der Waals surface area contributed by atoms with E-state index in [0.717, 1.165) is 24.2 Å². The highest BCUT2D eigenvalue weighted by Crippen LogP contribution is 2.42. The monoisotopic (exact) mass is 616 g/mol. The topological polar surface area (TPSA) is 174 Å². The first-order chi connectivity index (χ1) is 19.9. The number of nitrogens with one attached hydrogen (secondary N) is 1. The van der Waals surface area contributed by atoms with Crippen molar-refractivity contribution in [1.82, 2.24) is 24.7 Å². The average Bonchev–Trinajstić information content (AvgIpc) is 3.54. The van der Waals surface area contributed by atoms with Gasteiger partial charge in [-0.25, -0.2) is 28.1 Å². The van der Waals surface area contributed by atoms with Gasteiger partial charge in [0.2, 0.25) is 12.7 Å². The van der Waals surface area contributed by atoms with Crippen molar-refractivity contribution < 1.29 is 35.8 Å². The van der Waals surface area contributed by atoms with Crippen molar-refractivity contribution in [3.63, 3.8) is 0 Å². The minimum Gasteiger partial charge on any atom is -0.472 e. The number of aromatic nitrogens is 5. The number of pyridine rings is 1. The predicted molar refractivity (Wildman–Crippen MR) is 150 cm³/mol. The molecule has 14 nitrogen and oxygen atoms in total. The zero-order valence-electron chi connectivity index (χ0n) is 23.1. The number of aryl methyl sites for hydroxylation is 1. The van der Waals surface area contributed by atoms with Gasteiger partial charge in [-0.3, -0.25) is 4.72 Å². The molecule has 0 bridgehead atoms. The zero-order chi connectivity index (χ0) is 30.1. The summed E-state index contributed by atoms with van der Waals surface area (Å²) < 4.78 is 76.1. The Balaban J connectivity index is 1.40. The fourth-order valence-corrected chi connectivity index (χ4v) is 5.46. The minimum atomic E-state index is -4.10. The van der Waals surface area contributed by atoms with Gasteiger partial charge in [0.1, 0.15) is 23.9 Å². The largest absolute Gasteiger partial charge is 0.472 e. The van der Waals surface area contributed by atoms with Gasteiger partial charge in [0.15, 0.2) is 26.4 Å². The maximum atomic E-state index is 13.3. The van der Waals surface area contributed by atoms with Crippen LogP contribution in [0.2, 0.25) is 0 Å². The zero-order valence-corrected chi connectivity index (χ0v) is 24.8. The molecule has 1 aliphatic rings. The summed E-state index contributed by atoms with van der Waals surface area (Å²) in [6.07, 6.45) is 4.89. The molecule has 16 heteroatoms. The summed E-state index contributed by atoms with van der Waals surface area (Å²) in [5.74, 6) is 1.49. The predicted octanol–water partition coefficient (Wildman–Crippen LogP) is 2.79. The number of hydrogen-bond donors (Lipinski definition) is 1. The standard InChI is InChI=1S/C26H28N6O8S2/c1-16(2)18-6-8-22(27-12-18)42(35,36)31-24-23(17-5-7-20-21(11-17)40-15-39-20)25(30-32(24)3)37-9-10-38-26-28-13-19(14-29-26)41(4,33)34/h5-8,11-14,16,31H,9-10,15H2,1-4H3. The Kier molecular flexibility index (Phi) is 7.92. The number of hydrogen-bond acceptors (Lipinski definition) is 12. The molecule has 0 atom stereocenters. The van der Waals surface area contributed by atoms with Gasteiger partial charge in [-0.2, -0.15) is 8.42 Å². The minimum absolute atomic E-state index is 0.0114. The first-order valence-electron chi connectivity index (χ1n) is 12.7. The van der Waals surface area contributed by atoms with Gasteiger partial charge in [-0.05, 0) is 35.2 Å². The van der Waals surface area contributed by atoms with Gasteiger partial charge in [0.25, 0.3) is 10.0 Å². The molecule has 1 aliphatic heterocycles. The molecule has 0 saturated heterocycles. The molecule has 0 spiro atoms. The van der Waals surface area contributed by atoms with Crippen LogP contribution >= 0.6 is 0 Å². The molecule has 1 N–H and O–H groups in total. The van der Waals surface area contributed by atoms with Crippen molar-refractivity contribution in [3.8, 4) is 34.5 Å². The summed E-state index contributed by atoms with van der Waals surface area (Å²) in [5.41, 5.74) is 1.82. The van der Waals surface area contributed by atoms with Crippen LogP contribution in [-0.2, 0) is 26.9 Å². The summed E-state index contributed by atoms with van der Waals surface area (Å²) in [4.78, 5) is 11.9. The van der Waals surface area contributed by atoms with E-state index in [4.69, 9.17) is 18.9 Å². The first kappa shape index (κ1) is 29.1.